The zero-order valence-electron chi connectivity index (χ0n) is 11.2. The van der Waals surface area contributed by atoms with Crippen molar-refractivity contribution in [3.8, 4) is 5.75 Å². The predicted molar refractivity (Wildman–Crippen MR) is 72.8 cm³/mol. The lowest BCUT2D eigenvalue weighted by atomic mass is 10.2. The minimum atomic E-state index is -0.132. The number of carbonyl (C=O) groups excluding carboxylic acids is 1. The molecule has 0 aliphatic rings. The van der Waals surface area contributed by atoms with Crippen molar-refractivity contribution in [2.45, 2.75) is 19.9 Å². The zero-order valence-corrected chi connectivity index (χ0v) is 11.2. The number of carbonyl (C=O) groups is 1. The molecule has 19 heavy (non-hydrogen) atoms. The number of rotatable bonds is 6. The van der Waals surface area contributed by atoms with Crippen LogP contribution in [0.1, 0.15) is 24.2 Å². The molecule has 0 aromatic heterocycles. The van der Waals surface area contributed by atoms with E-state index in [2.05, 4.69) is 5.32 Å². The normalized spacial score (nSPS) is 11.5. The highest BCUT2D eigenvalue weighted by atomic mass is 19.1. The Bertz CT molecular complexity index is 441. The Morgan fingerprint density at radius 1 is 1.42 bits per heavy atom. The highest BCUT2D eigenvalue weighted by Crippen LogP contribution is 2.13. The first-order chi connectivity index (χ1) is 9.06. The lowest BCUT2D eigenvalue weighted by Gasteiger charge is -2.10. The fourth-order valence-corrected chi connectivity index (χ4v) is 1.36. The van der Waals surface area contributed by atoms with Gasteiger partial charge in [0.25, 0.3) is 5.91 Å². The van der Waals surface area contributed by atoms with Crippen molar-refractivity contribution in [1.82, 2.24) is 5.32 Å². The molecule has 0 spiro atoms. The summed E-state index contributed by atoms with van der Waals surface area (Å²) in [5.74, 6) is 0.432. The highest BCUT2D eigenvalue weighted by molar-refractivity contribution is 5.94. The highest BCUT2D eigenvalue weighted by Gasteiger charge is 2.06. The molecule has 5 heteroatoms. The van der Waals surface area contributed by atoms with E-state index in [0.29, 0.717) is 23.2 Å². The van der Waals surface area contributed by atoms with Gasteiger partial charge in [-0.25, -0.2) is 4.39 Å². The second-order valence-electron chi connectivity index (χ2n) is 4.41. The van der Waals surface area contributed by atoms with Crippen molar-refractivity contribution in [1.29, 1.82) is 0 Å². The molecule has 0 saturated carbocycles. The van der Waals surface area contributed by atoms with Crippen LogP contribution in [0.5, 0.6) is 5.75 Å². The van der Waals surface area contributed by atoms with E-state index in [1.807, 2.05) is 13.8 Å². The van der Waals surface area contributed by atoms with Crippen molar-refractivity contribution < 1.29 is 13.9 Å². The monoisotopic (exact) mass is 266 g/mol. The molecule has 1 aromatic carbocycles. The molecule has 0 saturated heterocycles. The van der Waals surface area contributed by atoms with E-state index in [-0.39, 0.29) is 25.1 Å². The SMILES string of the molecule is CC(C)NC(=O)c1ccc(OC/C(=C/F)CN)cc1. The van der Waals surface area contributed by atoms with Gasteiger partial charge in [-0.1, -0.05) is 0 Å². The van der Waals surface area contributed by atoms with Gasteiger partial charge in [0.1, 0.15) is 12.4 Å². The zero-order chi connectivity index (χ0) is 14.3. The Morgan fingerprint density at radius 3 is 2.53 bits per heavy atom. The van der Waals surface area contributed by atoms with E-state index in [9.17, 15) is 9.18 Å². The first kappa shape index (κ1) is 15.2. The maximum Gasteiger partial charge on any atom is 0.251 e. The van der Waals surface area contributed by atoms with Crippen molar-refractivity contribution >= 4 is 5.91 Å². The molecule has 104 valence electrons. The molecule has 3 N–H and O–H groups in total. The summed E-state index contributed by atoms with van der Waals surface area (Å²) in [6.45, 7) is 4.01. The van der Waals surface area contributed by atoms with Crippen LogP contribution in [0.3, 0.4) is 0 Å². The third-order valence-corrected chi connectivity index (χ3v) is 2.38. The van der Waals surface area contributed by atoms with Gasteiger partial charge < -0.3 is 15.8 Å². The summed E-state index contributed by atoms with van der Waals surface area (Å²) >= 11 is 0. The molecule has 1 aromatic rings. The average molecular weight is 266 g/mol. The van der Waals surface area contributed by atoms with Crippen LogP contribution < -0.4 is 15.8 Å². The molecule has 4 nitrogen and oxygen atoms in total. The molecule has 0 unspecified atom stereocenters. The maximum atomic E-state index is 12.3. The van der Waals surface area contributed by atoms with Gasteiger partial charge in [-0.3, -0.25) is 4.79 Å². The third-order valence-electron chi connectivity index (χ3n) is 2.38. The Morgan fingerprint density at radius 2 is 2.05 bits per heavy atom. The smallest absolute Gasteiger partial charge is 0.251 e. The first-order valence-electron chi connectivity index (χ1n) is 6.08. The second-order valence-corrected chi connectivity index (χ2v) is 4.41. The van der Waals surface area contributed by atoms with Gasteiger partial charge in [-0.15, -0.1) is 0 Å². The molecular weight excluding hydrogens is 247 g/mol. The molecule has 0 heterocycles. The van der Waals surface area contributed by atoms with Crippen LogP contribution in [-0.4, -0.2) is 25.1 Å². The van der Waals surface area contributed by atoms with E-state index in [0.717, 1.165) is 0 Å². The largest absolute Gasteiger partial charge is 0.489 e. The van der Waals surface area contributed by atoms with Gasteiger partial charge in [-0.2, -0.15) is 0 Å². The summed E-state index contributed by atoms with van der Waals surface area (Å²) in [5, 5.41) is 2.79. The lowest BCUT2D eigenvalue weighted by Crippen LogP contribution is -2.29. The first-order valence-corrected chi connectivity index (χ1v) is 6.08. The minimum absolute atomic E-state index is 0.0882. The number of nitrogens with one attached hydrogen (secondary N) is 1. The van der Waals surface area contributed by atoms with Gasteiger partial charge in [0.15, 0.2) is 0 Å². The number of hydrogen-bond acceptors (Lipinski definition) is 3. The fourth-order valence-electron chi connectivity index (χ4n) is 1.36. The van der Waals surface area contributed by atoms with Gasteiger partial charge in [-0.05, 0) is 38.1 Å². The van der Waals surface area contributed by atoms with E-state index < -0.39 is 0 Å². The van der Waals surface area contributed by atoms with Crippen LogP contribution in [0.4, 0.5) is 4.39 Å². The Kier molecular flexibility index (Phi) is 6.02. The van der Waals surface area contributed by atoms with Crippen LogP contribution in [0.2, 0.25) is 0 Å². The van der Waals surface area contributed by atoms with E-state index >= 15 is 0 Å². The van der Waals surface area contributed by atoms with Crippen molar-refractivity contribution in [2.24, 2.45) is 5.73 Å². The summed E-state index contributed by atoms with van der Waals surface area (Å²) in [4.78, 5) is 11.7. The molecule has 0 aliphatic carbocycles. The van der Waals surface area contributed by atoms with Crippen LogP contribution in [0, 0.1) is 0 Å². The summed E-state index contributed by atoms with van der Waals surface area (Å²) in [6, 6.07) is 6.75. The van der Waals surface area contributed by atoms with Gasteiger partial charge >= 0.3 is 0 Å². The topological polar surface area (TPSA) is 64.3 Å². The molecule has 0 atom stereocenters. The summed E-state index contributed by atoms with van der Waals surface area (Å²) in [7, 11) is 0. The number of amides is 1. The standard InChI is InChI=1S/C14H19FN2O2/c1-10(2)17-14(18)12-3-5-13(6-4-12)19-9-11(7-15)8-16/h3-7,10H,8-9,16H2,1-2H3,(H,17,18)/b11-7+. The van der Waals surface area contributed by atoms with Crippen molar-refractivity contribution in [2.75, 3.05) is 13.2 Å². The fraction of sp³-hybridized carbons (Fsp3) is 0.357. The minimum Gasteiger partial charge on any atom is -0.489 e. The molecule has 1 amide bonds. The lowest BCUT2D eigenvalue weighted by molar-refractivity contribution is 0.0943. The quantitative estimate of drug-likeness (QED) is 0.828. The Balaban J connectivity index is 2.59. The number of ether oxygens (including phenoxy) is 1. The third kappa shape index (κ3) is 5.09. The molecule has 0 fully saturated rings. The summed E-state index contributed by atoms with van der Waals surface area (Å²) in [5.41, 5.74) is 6.25. The van der Waals surface area contributed by atoms with Gasteiger partial charge in [0.05, 0.1) is 6.33 Å². The summed E-state index contributed by atoms with van der Waals surface area (Å²) < 4.78 is 17.6. The van der Waals surface area contributed by atoms with Gasteiger partial charge in [0.2, 0.25) is 0 Å². The van der Waals surface area contributed by atoms with Crippen molar-refractivity contribution in [3.05, 3.63) is 41.7 Å². The Hall–Kier alpha value is -1.88. The molecule has 0 radical (unpaired) electrons. The molecule has 0 bridgehead atoms. The maximum absolute atomic E-state index is 12.3. The Labute approximate surface area is 112 Å². The van der Waals surface area contributed by atoms with E-state index in [1.54, 1.807) is 24.3 Å². The summed E-state index contributed by atoms with van der Waals surface area (Å²) in [6.07, 6.45) is 0.449. The van der Waals surface area contributed by atoms with E-state index in [4.69, 9.17) is 10.5 Å². The van der Waals surface area contributed by atoms with E-state index in [1.165, 1.54) is 0 Å². The van der Waals surface area contributed by atoms with Crippen LogP contribution >= 0.6 is 0 Å². The van der Waals surface area contributed by atoms with Crippen molar-refractivity contribution in [3.63, 3.8) is 0 Å². The molecule has 0 aliphatic heterocycles. The van der Waals surface area contributed by atoms with Crippen LogP contribution in [0.15, 0.2) is 36.2 Å². The van der Waals surface area contributed by atoms with Crippen LogP contribution in [-0.2, 0) is 0 Å². The predicted octanol–water partition coefficient (Wildman–Crippen LogP) is 2.02. The van der Waals surface area contributed by atoms with Crippen LogP contribution in [0.25, 0.3) is 0 Å². The number of halogens is 1. The average Bonchev–Trinajstić information content (AvgIpc) is 2.39. The molecular formula is C14H19FN2O2. The number of benzene rings is 1. The second kappa shape index (κ2) is 7.53. The number of hydrogen-bond donors (Lipinski definition) is 2. The molecule has 1 rings (SSSR count). The van der Waals surface area contributed by atoms with Gasteiger partial charge in [0, 0.05) is 23.7 Å². The number of nitrogens with two attached hydrogens (primary N) is 1.